The number of aromatic amines is 1. The van der Waals surface area contributed by atoms with E-state index < -0.39 is 22.1 Å². The number of amides is 1. The highest BCUT2D eigenvalue weighted by molar-refractivity contribution is 7.99. The number of anilines is 2. The molecule has 180 valence electrons. The highest BCUT2D eigenvalue weighted by atomic mass is 32.2. The molecule has 0 unspecified atom stereocenters. The Hall–Kier alpha value is -3.32. The summed E-state index contributed by atoms with van der Waals surface area (Å²) in [7, 11) is 2.81. The first-order chi connectivity index (χ1) is 15.7. The summed E-state index contributed by atoms with van der Waals surface area (Å²) in [5.41, 5.74) is 5.06. The van der Waals surface area contributed by atoms with E-state index in [1.54, 1.807) is 6.07 Å². The third-order valence-electron chi connectivity index (χ3n) is 4.69. The molecular formula is C20H27N5O7S. The lowest BCUT2D eigenvalue weighted by Gasteiger charge is -2.24. The molecule has 1 amide bonds. The van der Waals surface area contributed by atoms with Crippen molar-refractivity contribution in [3.63, 3.8) is 0 Å². The van der Waals surface area contributed by atoms with Crippen LogP contribution in [0.4, 0.5) is 17.2 Å². The number of hydrogen-bond donors (Lipinski definition) is 2. The number of methoxy groups -OCH3 is 2. The maximum absolute atomic E-state index is 13.0. The van der Waals surface area contributed by atoms with Crippen molar-refractivity contribution in [1.29, 1.82) is 0 Å². The van der Waals surface area contributed by atoms with E-state index in [1.165, 1.54) is 47.6 Å². The number of benzene rings is 1. The molecule has 0 saturated carbocycles. The van der Waals surface area contributed by atoms with Crippen LogP contribution < -0.4 is 26.6 Å². The van der Waals surface area contributed by atoms with Crippen molar-refractivity contribution in [1.82, 2.24) is 9.55 Å². The van der Waals surface area contributed by atoms with Crippen LogP contribution in [-0.2, 0) is 21.8 Å². The van der Waals surface area contributed by atoms with E-state index in [-0.39, 0.29) is 48.4 Å². The normalized spacial score (nSPS) is 10.8. The smallest absolute Gasteiger partial charge is 0.330 e. The van der Waals surface area contributed by atoms with Gasteiger partial charge in [0, 0.05) is 32.0 Å². The summed E-state index contributed by atoms with van der Waals surface area (Å²) in [5, 5.41) is 11.2. The van der Waals surface area contributed by atoms with Gasteiger partial charge in [0.05, 0.1) is 24.4 Å². The largest absolute Gasteiger partial charge is 0.490 e. The minimum Gasteiger partial charge on any atom is -0.490 e. The van der Waals surface area contributed by atoms with E-state index in [9.17, 15) is 24.5 Å². The van der Waals surface area contributed by atoms with Crippen LogP contribution in [0.3, 0.4) is 0 Å². The number of aromatic nitrogens is 2. The molecule has 0 aliphatic carbocycles. The van der Waals surface area contributed by atoms with Gasteiger partial charge in [0.2, 0.25) is 5.91 Å². The molecule has 0 radical (unpaired) electrons. The minimum absolute atomic E-state index is 0.0324. The Labute approximate surface area is 193 Å². The molecule has 1 aromatic heterocycles. The van der Waals surface area contributed by atoms with Gasteiger partial charge in [0.15, 0.2) is 11.4 Å². The lowest BCUT2D eigenvalue weighted by Crippen LogP contribution is -2.43. The van der Waals surface area contributed by atoms with Crippen molar-refractivity contribution >= 4 is 34.9 Å². The Kier molecular flexibility index (Phi) is 9.48. The fourth-order valence-electron chi connectivity index (χ4n) is 3.13. The molecule has 0 spiro atoms. The average molecular weight is 482 g/mol. The summed E-state index contributed by atoms with van der Waals surface area (Å²) in [4.78, 5) is 51.7. The molecule has 2 rings (SSSR count). The van der Waals surface area contributed by atoms with Crippen molar-refractivity contribution in [3.05, 3.63) is 54.7 Å². The van der Waals surface area contributed by atoms with Crippen LogP contribution >= 0.6 is 11.8 Å². The second-order valence-electron chi connectivity index (χ2n) is 6.94. The van der Waals surface area contributed by atoms with Gasteiger partial charge in [-0.25, -0.2) is 4.79 Å². The van der Waals surface area contributed by atoms with Crippen molar-refractivity contribution in [3.8, 4) is 5.75 Å². The van der Waals surface area contributed by atoms with Gasteiger partial charge in [-0.15, -0.1) is 11.8 Å². The van der Waals surface area contributed by atoms with Gasteiger partial charge in [-0.05, 0) is 18.1 Å². The predicted octanol–water partition coefficient (Wildman–Crippen LogP) is 1.36. The third kappa shape index (κ3) is 6.35. The zero-order valence-electron chi connectivity index (χ0n) is 18.7. The number of thioether (sulfide) groups is 1. The molecule has 0 aliphatic rings. The third-order valence-corrected chi connectivity index (χ3v) is 5.67. The van der Waals surface area contributed by atoms with E-state index in [1.807, 2.05) is 6.92 Å². The number of nitro groups is 1. The molecule has 3 N–H and O–H groups in total. The van der Waals surface area contributed by atoms with Crippen LogP contribution in [0.5, 0.6) is 5.75 Å². The number of nitrogens with one attached hydrogen (secondary N) is 1. The van der Waals surface area contributed by atoms with Gasteiger partial charge in [0.1, 0.15) is 5.82 Å². The highest BCUT2D eigenvalue weighted by Crippen LogP contribution is 2.29. The van der Waals surface area contributed by atoms with Crippen molar-refractivity contribution in [2.75, 3.05) is 43.8 Å². The number of nitro benzene ring substituents is 1. The molecule has 0 fully saturated rings. The fraction of sp³-hybridized carbons (Fsp3) is 0.450. The second-order valence-corrected chi connectivity index (χ2v) is 7.92. The SMILES string of the molecule is CCCn1c(N)c(N(CCOC)C(=O)CSCc2ccc(OC)c([N+](=O)[O-])c2)c(=O)[nH]c1=O. The van der Waals surface area contributed by atoms with Crippen LogP contribution in [0.1, 0.15) is 18.9 Å². The highest BCUT2D eigenvalue weighted by Gasteiger charge is 2.24. The van der Waals surface area contributed by atoms with Crippen LogP contribution in [0.2, 0.25) is 0 Å². The maximum atomic E-state index is 13.0. The number of carbonyl (C=O) groups is 1. The van der Waals surface area contributed by atoms with E-state index in [4.69, 9.17) is 15.2 Å². The molecule has 0 bridgehead atoms. The minimum atomic E-state index is -0.759. The quantitative estimate of drug-likeness (QED) is 0.336. The van der Waals surface area contributed by atoms with E-state index in [0.717, 1.165) is 0 Å². The zero-order chi connectivity index (χ0) is 24.5. The number of hydrogen-bond acceptors (Lipinski definition) is 9. The summed E-state index contributed by atoms with van der Waals surface area (Å²) in [5.74, 6) is -0.0807. The summed E-state index contributed by atoms with van der Waals surface area (Å²) in [6.07, 6.45) is 0.603. The van der Waals surface area contributed by atoms with Crippen molar-refractivity contribution in [2.45, 2.75) is 25.6 Å². The van der Waals surface area contributed by atoms with Crippen molar-refractivity contribution < 1.29 is 19.2 Å². The van der Waals surface area contributed by atoms with E-state index >= 15 is 0 Å². The maximum Gasteiger partial charge on any atom is 0.330 e. The van der Waals surface area contributed by atoms with Crippen LogP contribution in [0.25, 0.3) is 0 Å². The van der Waals surface area contributed by atoms with Gasteiger partial charge in [-0.2, -0.15) is 0 Å². The number of nitrogens with zero attached hydrogens (tertiary/aromatic N) is 3. The molecule has 1 heterocycles. The molecule has 2 aromatic rings. The molecule has 0 atom stereocenters. The first kappa shape index (κ1) is 25.9. The number of nitrogen functional groups attached to an aromatic ring is 1. The summed E-state index contributed by atoms with van der Waals surface area (Å²) >= 11 is 1.22. The number of rotatable bonds is 12. The molecule has 0 aliphatic heterocycles. The number of carbonyl (C=O) groups excluding carboxylic acids is 1. The van der Waals surface area contributed by atoms with Crippen LogP contribution in [-0.4, -0.2) is 53.5 Å². The molecule has 13 heteroatoms. The van der Waals surface area contributed by atoms with Gasteiger partial charge in [-0.1, -0.05) is 13.0 Å². The standard InChI is InChI=1S/C20H27N5O7S/c1-4-7-24-18(21)17(19(27)22-20(24)28)23(8-9-31-2)16(26)12-33-11-13-5-6-15(32-3)14(10-13)25(29)30/h5-6,10H,4,7-9,11-12,21H2,1-3H3,(H,22,27,28). The van der Waals surface area contributed by atoms with Gasteiger partial charge < -0.3 is 20.1 Å². The van der Waals surface area contributed by atoms with Gasteiger partial charge >= 0.3 is 11.4 Å². The first-order valence-electron chi connectivity index (χ1n) is 10.1. The summed E-state index contributed by atoms with van der Waals surface area (Å²) in [6.45, 7) is 2.34. The Morgan fingerprint density at radius 2 is 2.06 bits per heavy atom. The first-order valence-corrected chi connectivity index (χ1v) is 11.2. The van der Waals surface area contributed by atoms with E-state index in [0.29, 0.717) is 17.7 Å². The monoisotopic (exact) mass is 481 g/mol. The fourth-order valence-corrected chi connectivity index (χ4v) is 3.98. The lowest BCUT2D eigenvalue weighted by molar-refractivity contribution is -0.385. The number of nitrogens with two attached hydrogens (primary N) is 1. The Morgan fingerprint density at radius 1 is 1.33 bits per heavy atom. The topological polar surface area (TPSA) is 163 Å². The predicted molar refractivity (Wildman–Crippen MR) is 126 cm³/mol. The number of H-pyrrole nitrogens is 1. The van der Waals surface area contributed by atoms with Crippen LogP contribution in [0, 0.1) is 10.1 Å². The van der Waals surface area contributed by atoms with Gasteiger partial charge in [-0.3, -0.25) is 29.3 Å². The summed E-state index contributed by atoms with van der Waals surface area (Å²) < 4.78 is 11.3. The average Bonchev–Trinajstić information content (AvgIpc) is 2.78. The van der Waals surface area contributed by atoms with E-state index in [2.05, 4.69) is 4.98 Å². The molecule has 33 heavy (non-hydrogen) atoms. The Bertz CT molecular complexity index is 1110. The Balaban J connectivity index is 2.24. The van der Waals surface area contributed by atoms with Gasteiger partial charge in [0.25, 0.3) is 5.56 Å². The second kappa shape index (κ2) is 12.1. The van der Waals surface area contributed by atoms with Crippen LogP contribution in [0.15, 0.2) is 27.8 Å². The zero-order valence-corrected chi connectivity index (χ0v) is 19.5. The Morgan fingerprint density at radius 3 is 2.67 bits per heavy atom. The summed E-state index contributed by atoms with van der Waals surface area (Å²) in [6, 6.07) is 4.57. The molecule has 1 aromatic carbocycles. The molecular weight excluding hydrogens is 454 g/mol. The van der Waals surface area contributed by atoms with Crippen molar-refractivity contribution in [2.24, 2.45) is 0 Å². The molecule has 12 nitrogen and oxygen atoms in total. The lowest BCUT2D eigenvalue weighted by atomic mass is 10.2. The molecule has 0 saturated heterocycles. The number of ether oxygens (including phenoxy) is 2.